The van der Waals surface area contributed by atoms with Crippen molar-refractivity contribution in [3.63, 3.8) is 0 Å². The molecule has 1 aliphatic heterocycles. The molecule has 1 fully saturated rings. The van der Waals surface area contributed by atoms with Crippen LogP contribution in [0.15, 0.2) is 30.6 Å². The third kappa shape index (κ3) is 6.72. The second-order valence-corrected chi connectivity index (χ2v) is 5.50. The lowest BCUT2D eigenvalue weighted by molar-refractivity contribution is -0.275. The number of benzene rings is 1. The van der Waals surface area contributed by atoms with Crippen LogP contribution >= 0.6 is 0 Å². The summed E-state index contributed by atoms with van der Waals surface area (Å²) in [6, 6.07) is 4.97. The van der Waals surface area contributed by atoms with Gasteiger partial charge in [0.2, 0.25) is 0 Å². The molecule has 4 nitrogen and oxygen atoms in total. The van der Waals surface area contributed by atoms with Crippen molar-refractivity contribution < 1.29 is 22.3 Å². The van der Waals surface area contributed by atoms with E-state index in [1.54, 1.807) is 6.07 Å². The summed E-state index contributed by atoms with van der Waals surface area (Å²) in [5.41, 5.74) is 0.811. The Morgan fingerprint density at radius 3 is 2.21 bits per heavy atom. The lowest BCUT2D eigenvalue weighted by atomic mass is 10.1. The molecule has 1 saturated heterocycles. The zero-order chi connectivity index (χ0) is 21.2. The van der Waals surface area contributed by atoms with Gasteiger partial charge in [0.25, 0.3) is 0 Å². The number of piperidine rings is 1. The van der Waals surface area contributed by atoms with Gasteiger partial charge in [0.05, 0.1) is 5.69 Å². The van der Waals surface area contributed by atoms with Gasteiger partial charge in [0.1, 0.15) is 12.1 Å². The van der Waals surface area contributed by atoms with E-state index in [2.05, 4.69) is 32.5 Å². The minimum atomic E-state index is -4.93. The van der Waals surface area contributed by atoms with Crippen molar-refractivity contribution >= 4 is 5.82 Å². The van der Waals surface area contributed by atoms with E-state index in [0.717, 1.165) is 43.9 Å². The van der Waals surface area contributed by atoms with Crippen LogP contribution in [-0.2, 0) is 0 Å². The fourth-order valence-corrected chi connectivity index (χ4v) is 2.67. The summed E-state index contributed by atoms with van der Waals surface area (Å²) in [6.07, 6.45) is 7.78. The molecule has 28 heavy (non-hydrogen) atoms. The van der Waals surface area contributed by atoms with Crippen LogP contribution in [0.2, 0.25) is 0 Å². The molecule has 0 saturated carbocycles. The van der Waals surface area contributed by atoms with Crippen LogP contribution in [0.4, 0.5) is 23.4 Å². The molecule has 0 N–H and O–H groups in total. The molecule has 2 aromatic rings. The number of rotatable bonds is 3. The smallest absolute Gasteiger partial charge is 0.403 e. The third-order valence-corrected chi connectivity index (χ3v) is 3.79. The van der Waals surface area contributed by atoms with E-state index < -0.39 is 17.9 Å². The van der Waals surface area contributed by atoms with E-state index >= 15 is 0 Å². The van der Waals surface area contributed by atoms with Gasteiger partial charge < -0.3 is 9.64 Å². The lowest BCUT2D eigenvalue weighted by Gasteiger charge is -2.27. The Balaban J connectivity index is 0.000000921. The van der Waals surface area contributed by atoms with E-state index in [1.165, 1.54) is 18.8 Å². The minimum absolute atomic E-state index is 0.364. The van der Waals surface area contributed by atoms with Crippen LogP contribution in [0.5, 0.6) is 5.75 Å². The van der Waals surface area contributed by atoms with Gasteiger partial charge in [0.15, 0.2) is 11.6 Å². The highest BCUT2D eigenvalue weighted by molar-refractivity contribution is 5.63. The first-order valence-corrected chi connectivity index (χ1v) is 8.88. The Morgan fingerprint density at radius 2 is 1.64 bits per heavy atom. The molecular formula is C20H23F4N3O. The minimum Gasteiger partial charge on any atom is -0.403 e. The number of hydrogen-bond donors (Lipinski definition) is 0. The van der Waals surface area contributed by atoms with Gasteiger partial charge in [-0.25, -0.2) is 14.4 Å². The van der Waals surface area contributed by atoms with Crippen molar-refractivity contribution in [3.05, 3.63) is 36.4 Å². The molecule has 3 rings (SSSR count). The largest absolute Gasteiger partial charge is 0.573 e. The van der Waals surface area contributed by atoms with Crippen LogP contribution in [-0.4, -0.2) is 29.4 Å². The van der Waals surface area contributed by atoms with E-state index in [4.69, 9.17) is 0 Å². The van der Waals surface area contributed by atoms with E-state index in [-0.39, 0.29) is 0 Å². The van der Waals surface area contributed by atoms with Crippen LogP contribution < -0.4 is 9.64 Å². The van der Waals surface area contributed by atoms with Crippen LogP contribution in [0.3, 0.4) is 0 Å². The molecular weight excluding hydrogens is 374 g/mol. The predicted molar refractivity (Wildman–Crippen MR) is 101 cm³/mol. The second kappa shape index (κ2) is 11.1. The number of hydrogen-bond acceptors (Lipinski definition) is 4. The summed E-state index contributed by atoms with van der Waals surface area (Å²) in [5.74, 6) is -1.23. The fraction of sp³-hybridized carbons (Fsp3) is 0.400. The van der Waals surface area contributed by atoms with Crippen LogP contribution in [0, 0.1) is 18.7 Å². The Labute approximate surface area is 162 Å². The number of anilines is 1. The number of terminal acetylenes is 1. The van der Waals surface area contributed by atoms with E-state index in [1.807, 2.05) is 13.8 Å². The zero-order valence-corrected chi connectivity index (χ0v) is 15.8. The topological polar surface area (TPSA) is 38.2 Å². The molecule has 0 atom stereocenters. The summed E-state index contributed by atoms with van der Waals surface area (Å²) in [4.78, 5) is 10.4. The first-order valence-electron chi connectivity index (χ1n) is 8.88. The van der Waals surface area contributed by atoms with Gasteiger partial charge >= 0.3 is 6.36 Å². The fourth-order valence-electron chi connectivity index (χ4n) is 2.67. The van der Waals surface area contributed by atoms with Crippen molar-refractivity contribution in [3.8, 4) is 29.9 Å². The number of ether oxygens (including phenoxy) is 1. The summed E-state index contributed by atoms with van der Waals surface area (Å²) in [5, 5.41) is 0. The van der Waals surface area contributed by atoms with Crippen molar-refractivity contribution in [2.24, 2.45) is 0 Å². The molecule has 0 bridgehead atoms. The average Bonchev–Trinajstić information content (AvgIpc) is 2.72. The predicted octanol–water partition coefficient (Wildman–Crippen LogP) is 5.45. The molecule has 0 spiro atoms. The molecule has 0 amide bonds. The Bertz CT molecular complexity index is 757. The van der Waals surface area contributed by atoms with E-state index in [9.17, 15) is 17.6 Å². The number of aromatic nitrogens is 2. The highest BCUT2D eigenvalue weighted by Gasteiger charge is 2.32. The van der Waals surface area contributed by atoms with Crippen LogP contribution in [0.25, 0.3) is 11.3 Å². The SMILES string of the molecule is C#C.CC.Fc1cc(-c2cc(N3CCCCC3)ncn2)ccc1OC(F)(F)F. The first-order chi connectivity index (χ1) is 13.4. The van der Waals surface area contributed by atoms with Gasteiger partial charge in [-0.05, 0) is 37.5 Å². The van der Waals surface area contributed by atoms with Gasteiger partial charge in [-0.3, -0.25) is 0 Å². The van der Waals surface area contributed by atoms with Crippen molar-refractivity contribution in [1.29, 1.82) is 0 Å². The summed E-state index contributed by atoms with van der Waals surface area (Å²) in [6.45, 7) is 5.78. The molecule has 1 aromatic carbocycles. The quantitative estimate of drug-likeness (QED) is 0.510. The highest BCUT2D eigenvalue weighted by atomic mass is 19.4. The third-order valence-electron chi connectivity index (χ3n) is 3.79. The normalized spacial score (nSPS) is 13.5. The lowest BCUT2D eigenvalue weighted by Crippen LogP contribution is -2.30. The van der Waals surface area contributed by atoms with Gasteiger partial charge in [-0.1, -0.05) is 13.8 Å². The van der Waals surface area contributed by atoms with Gasteiger partial charge in [0, 0.05) is 24.7 Å². The number of alkyl halides is 3. The Kier molecular flexibility index (Phi) is 9.22. The molecule has 2 heterocycles. The van der Waals surface area contributed by atoms with Crippen molar-refractivity contribution in [2.75, 3.05) is 18.0 Å². The zero-order valence-electron chi connectivity index (χ0n) is 15.8. The van der Waals surface area contributed by atoms with Crippen LogP contribution in [0.1, 0.15) is 33.1 Å². The molecule has 0 aliphatic carbocycles. The maximum Gasteiger partial charge on any atom is 0.573 e. The maximum atomic E-state index is 13.8. The first kappa shape index (κ1) is 23.2. The average molecular weight is 397 g/mol. The molecule has 0 radical (unpaired) electrons. The second-order valence-electron chi connectivity index (χ2n) is 5.50. The van der Waals surface area contributed by atoms with E-state index in [0.29, 0.717) is 11.3 Å². The van der Waals surface area contributed by atoms with Crippen molar-refractivity contribution in [2.45, 2.75) is 39.5 Å². The van der Waals surface area contributed by atoms with Gasteiger partial charge in [-0.15, -0.1) is 26.0 Å². The van der Waals surface area contributed by atoms with Gasteiger partial charge in [-0.2, -0.15) is 0 Å². The number of halogens is 4. The molecule has 1 aromatic heterocycles. The Hall–Kier alpha value is -2.82. The maximum absolute atomic E-state index is 13.8. The molecule has 8 heteroatoms. The van der Waals surface area contributed by atoms with Crippen molar-refractivity contribution in [1.82, 2.24) is 9.97 Å². The number of nitrogens with zero attached hydrogens (tertiary/aromatic N) is 3. The Morgan fingerprint density at radius 1 is 1.00 bits per heavy atom. The highest BCUT2D eigenvalue weighted by Crippen LogP contribution is 2.30. The molecule has 0 unspecified atom stereocenters. The molecule has 152 valence electrons. The summed E-state index contributed by atoms with van der Waals surface area (Å²) >= 11 is 0. The summed E-state index contributed by atoms with van der Waals surface area (Å²) in [7, 11) is 0. The molecule has 1 aliphatic rings. The summed E-state index contributed by atoms with van der Waals surface area (Å²) < 4.78 is 54.0. The standard InChI is InChI=1S/C16H15F4N3O.C2H6.C2H2/c17-12-8-11(4-5-14(12)24-16(18,19)20)13-9-15(22-10-21-13)23-6-2-1-3-7-23;2*1-2/h4-5,8-10H,1-3,6-7H2;1-2H3;1-2H. The monoisotopic (exact) mass is 397 g/mol.